The molecule has 5 atom stereocenters. The number of aliphatic hydroxyl groups excluding tert-OH is 1. The van der Waals surface area contributed by atoms with Crippen LogP contribution in [0.1, 0.15) is 323 Å². The average Bonchev–Trinajstić information content (AvgIpc) is 0.907. The van der Waals surface area contributed by atoms with E-state index < -0.39 is 97.5 Å². The number of aliphatic hydroxyl groups is 1. The molecular formula is C83H142O17P2. The van der Waals surface area contributed by atoms with Gasteiger partial charge in [0.15, 0.2) is 12.2 Å². The van der Waals surface area contributed by atoms with Gasteiger partial charge in [-0.25, -0.2) is 9.13 Å². The third-order valence-corrected chi connectivity index (χ3v) is 18.3. The summed E-state index contributed by atoms with van der Waals surface area (Å²) in [6, 6.07) is 0. The molecule has 0 spiro atoms. The molecule has 19 heteroatoms. The van der Waals surface area contributed by atoms with Crippen molar-refractivity contribution in [1.29, 1.82) is 0 Å². The summed E-state index contributed by atoms with van der Waals surface area (Å²) in [7, 11) is -9.99. The topological polar surface area (TPSA) is 237 Å². The van der Waals surface area contributed by atoms with Crippen molar-refractivity contribution in [2.45, 2.75) is 341 Å². The second kappa shape index (κ2) is 74.7. The van der Waals surface area contributed by atoms with E-state index in [-0.39, 0.29) is 25.7 Å². The van der Waals surface area contributed by atoms with E-state index in [1.165, 1.54) is 89.9 Å². The highest BCUT2D eigenvalue weighted by atomic mass is 31.2. The van der Waals surface area contributed by atoms with E-state index in [2.05, 4.69) is 125 Å². The van der Waals surface area contributed by atoms with Gasteiger partial charge in [-0.05, 0) is 122 Å². The van der Waals surface area contributed by atoms with E-state index in [0.717, 1.165) is 154 Å². The molecule has 0 aliphatic carbocycles. The first-order valence-corrected chi connectivity index (χ1v) is 42.8. The maximum absolute atomic E-state index is 13.1. The summed E-state index contributed by atoms with van der Waals surface area (Å²) in [5.74, 6) is -2.34. The Hall–Kier alpha value is -4.54. The summed E-state index contributed by atoms with van der Waals surface area (Å²) in [6.45, 7) is 4.58. The Morgan fingerprint density at radius 1 is 0.294 bits per heavy atom. The molecule has 0 radical (unpaired) electrons. The summed E-state index contributed by atoms with van der Waals surface area (Å²) in [5.41, 5.74) is 0. The number of allylic oxidation sites excluding steroid dienone is 19. The Morgan fingerprint density at radius 2 is 0.549 bits per heavy atom. The second-order valence-electron chi connectivity index (χ2n) is 26.3. The lowest BCUT2D eigenvalue weighted by Crippen LogP contribution is -2.30. The highest BCUT2D eigenvalue weighted by Gasteiger charge is 2.30. The van der Waals surface area contributed by atoms with Crippen molar-refractivity contribution in [1.82, 2.24) is 0 Å². The zero-order valence-corrected chi connectivity index (χ0v) is 65.8. The molecule has 0 rings (SSSR count). The highest BCUT2D eigenvalue weighted by Crippen LogP contribution is 2.45. The van der Waals surface area contributed by atoms with Gasteiger partial charge in [-0.2, -0.15) is 0 Å². The Kier molecular flexibility index (Phi) is 71.4. The van der Waals surface area contributed by atoms with Crippen molar-refractivity contribution in [2.24, 2.45) is 0 Å². The largest absolute Gasteiger partial charge is 0.472 e. The maximum Gasteiger partial charge on any atom is 0.472 e. The zero-order valence-electron chi connectivity index (χ0n) is 64.0. The molecule has 0 aromatic heterocycles. The fourth-order valence-electron chi connectivity index (χ4n) is 10.4. The van der Waals surface area contributed by atoms with Gasteiger partial charge in [0.2, 0.25) is 0 Å². The molecule has 0 heterocycles. The maximum atomic E-state index is 13.1. The third-order valence-electron chi connectivity index (χ3n) is 16.4. The molecule has 0 aliphatic heterocycles. The fourth-order valence-corrected chi connectivity index (χ4v) is 12.0. The van der Waals surface area contributed by atoms with Gasteiger partial charge in [-0.3, -0.25) is 37.3 Å². The van der Waals surface area contributed by atoms with Crippen LogP contribution in [0.25, 0.3) is 0 Å². The van der Waals surface area contributed by atoms with Crippen LogP contribution in [0.4, 0.5) is 0 Å². The summed E-state index contributed by atoms with van der Waals surface area (Å²) >= 11 is 0. The van der Waals surface area contributed by atoms with Gasteiger partial charge in [-0.1, -0.05) is 297 Å². The predicted molar refractivity (Wildman–Crippen MR) is 418 cm³/mol. The van der Waals surface area contributed by atoms with Gasteiger partial charge in [0, 0.05) is 19.3 Å². The minimum atomic E-state index is -5.01. The van der Waals surface area contributed by atoms with Crippen molar-refractivity contribution >= 4 is 39.5 Å². The number of rotatable bonds is 74. The highest BCUT2D eigenvalue weighted by molar-refractivity contribution is 7.47. The first-order valence-electron chi connectivity index (χ1n) is 39.8. The van der Waals surface area contributed by atoms with Crippen LogP contribution in [0.2, 0.25) is 0 Å². The number of phosphoric acid groups is 2. The van der Waals surface area contributed by atoms with Crippen molar-refractivity contribution in [3.05, 3.63) is 122 Å². The van der Waals surface area contributed by atoms with Gasteiger partial charge in [0.1, 0.15) is 19.3 Å². The van der Waals surface area contributed by atoms with Crippen LogP contribution in [0.5, 0.6) is 0 Å². The van der Waals surface area contributed by atoms with Crippen LogP contribution in [0, 0.1) is 0 Å². The minimum Gasteiger partial charge on any atom is -0.462 e. The molecule has 3 N–H and O–H groups in total. The number of carbonyl (C=O) groups is 4. The number of phosphoric ester groups is 2. The number of hydrogen-bond donors (Lipinski definition) is 3. The molecule has 0 saturated carbocycles. The molecule has 0 bridgehead atoms. The van der Waals surface area contributed by atoms with Crippen LogP contribution in [0.15, 0.2) is 122 Å². The quantitative estimate of drug-likeness (QED) is 0.0169. The third kappa shape index (κ3) is 73.8. The van der Waals surface area contributed by atoms with E-state index >= 15 is 0 Å². The molecule has 0 aliphatic rings. The van der Waals surface area contributed by atoms with Crippen LogP contribution >= 0.6 is 15.6 Å². The van der Waals surface area contributed by atoms with E-state index in [1.807, 2.05) is 12.2 Å². The van der Waals surface area contributed by atoms with Crippen molar-refractivity contribution < 1.29 is 80.2 Å². The van der Waals surface area contributed by atoms with Crippen LogP contribution in [0.3, 0.4) is 0 Å². The lowest BCUT2D eigenvalue weighted by molar-refractivity contribution is -0.161. The van der Waals surface area contributed by atoms with Crippen LogP contribution in [-0.4, -0.2) is 96.7 Å². The van der Waals surface area contributed by atoms with Crippen LogP contribution in [-0.2, 0) is 65.4 Å². The Labute approximate surface area is 619 Å². The van der Waals surface area contributed by atoms with Crippen molar-refractivity contribution in [2.75, 3.05) is 39.6 Å². The summed E-state index contributed by atoms with van der Waals surface area (Å²) in [4.78, 5) is 72.9. The standard InChI is InChI=1S/C83H142O17P2/c1-5-9-13-17-21-25-29-33-36-37-38-39-42-45-48-52-56-60-64-68-81(86)94-74-79(100-83(88)70-66-62-58-54-50-46-41-35-31-27-23-19-15-11-7-3)76-98-102(91,92)96-72-77(84)71-95-101(89,90)97-75-78(99-82(87)69-65-61-57-53-49-43-32-28-24-20-16-12-8-4)73-93-80(85)67-63-59-55-51-47-44-40-34-30-26-22-18-14-10-6-2/h11,15,21-23,25-27,33-36,38-41,50,54,62,66,77-79,84H,5-10,12-14,16-20,24,28-32,37,42-49,51-53,55-61,63-65,67-76H2,1-4H3,(H,89,90)(H,91,92)/b15-11-,25-21-,26-22-,27-23-,36-33-,39-38-,40-34-,41-35-,54-50-,66-62-. The smallest absolute Gasteiger partial charge is 0.462 e. The number of unbranched alkanes of at least 4 members (excludes halogenated alkanes) is 29. The summed E-state index contributed by atoms with van der Waals surface area (Å²) in [5, 5.41) is 10.6. The van der Waals surface area contributed by atoms with E-state index in [0.29, 0.717) is 25.7 Å². The molecule has 102 heavy (non-hydrogen) atoms. The summed E-state index contributed by atoms with van der Waals surface area (Å²) < 4.78 is 68.4. The Morgan fingerprint density at radius 3 is 0.892 bits per heavy atom. The Balaban J connectivity index is 5.42. The Bertz CT molecular complexity index is 2410. The molecule has 17 nitrogen and oxygen atoms in total. The van der Waals surface area contributed by atoms with Crippen molar-refractivity contribution in [3.8, 4) is 0 Å². The molecule has 0 fully saturated rings. The first kappa shape index (κ1) is 97.5. The average molecular weight is 1470 g/mol. The zero-order chi connectivity index (χ0) is 74.6. The minimum absolute atomic E-state index is 0.0910. The lowest BCUT2D eigenvalue weighted by atomic mass is 10.0. The first-order chi connectivity index (χ1) is 49.7. The van der Waals surface area contributed by atoms with E-state index in [4.69, 9.17) is 37.0 Å². The van der Waals surface area contributed by atoms with Crippen LogP contribution < -0.4 is 0 Å². The fraction of sp³-hybridized carbons (Fsp3) is 0.711. The summed E-state index contributed by atoms with van der Waals surface area (Å²) in [6.07, 6.45) is 82.1. The molecule has 0 saturated heterocycles. The van der Waals surface area contributed by atoms with E-state index in [1.54, 1.807) is 12.2 Å². The van der Waals surface area contributed by atoms with Crippen molar-refractivity contribution in [3.63, 3.8) is 0 Å². The van der Waals surface area contributed by atoms with Gasteiger partial charge < -0.3 is 33.8 Å². The molecular weight excluding hydrogens is 1330 g/mol. The molecule has 0 amide bonds. The number of hydrogen-bond acceptors (Lipinski definition) is 15. The van der Waals surface area contributed by atoms with Gasteiger partial charge in [-0.15, -0.1) is 0 Å². The predicted octanol–water partition coefficient (Wildman–Crippen LogP) is 23.1. The molecule has 5 unspecified atom stereocenters. The molecule has 586 valence electrons. The number of esters is 4. The lowest BCUT2D eigenvalue weighted by Gasteiger charge is -2.21. The number of carbonyl (C=O) groups excluding carboxylic acids is 4. The normalized spacial score (nSPS) is 14.5. The number of ether oxygens (including phenoxy) is 4. The molecule has 0 aromatic rings. The van der Waals surface area contributed by atoms with E-state index in [9.17, 15) is 43.2 Å². The van der Waals surface area contributed by atoms with Gasteiger partial charge in [0.05, 0.1) is 32.8 Å². The second-order valence-corrected chi connectivity index (χ2v) is 29.2. The molecule has 0 aromatic carbocycles. The SMILES string of the molecule is CC/C=C\C/C=C\C/C=C\C/C=C\C/C=C\CC(=O)OC(COC(=O)CCCCCCCC/C=C\C/C=C\C/C=C\CCCCC)COP(=O)(O)OCC(O)COP(=O)(O)OCC(COC(=O)CCCCCCC/C=C\C/C=C\CCCCC)OC(=O)CCCCCCCCCCCCCCC. The van der Waals surface area contributed by atoms with Gasteiger partial charge in [0.25, 0.3) is 0 Å². The van der Waals surface area contributed by atoms with Gasteiger partial charge >= 0.3 is 39.5 Å². The monoisotopic (exact) mass is 1470 g/mol.